The van der Waals surface area contributed by atoms with Crippen LogP contribution in [0.5, 0.6) is 0 Å². The molecule has 0 saturated heterocycles. The lowest BCUT2D eigenvalue weighted by Crippen LogP contribution is -2.25. The highest BCUT2D eigenvalue weighted by Gasteiger charge is 2.39. The first kappa shape index (κ1) is 14.2. The zero-order chi connectivity index (χ0) is 14.0. The fourth-order valence-electron chi connectivity index (χ4n) is 2.88. The maximum absolute atomic E-state index is 6.09. The zero-order valence-corrected chi connectivity index (χ0v) is 14.0. The third-order valence-electron chi connectivity index (χ3n) is 3.87. The van der Waals surface area contributed by atoms with Crippen LogP contribution in [0, 0.1) is 0 Å². The molecule has 1 saturated carbocycles. The molecular weight excluding hydrogens is 334 g/mol. The van der Waals surface area contributed by atoms with Crippen molar-refractivity contribution in [3.05, 3.63) is 39.1 Å². The Labute approximate surface area is 132 Å². The molecule has 0 aliphatic heterocycles. The highest BCUT2D eigenvalue weighted by molar-refractivity contribution is 9.10. The van der Waals surface area contributed by atoms with Gasteiger partial charge in [0.15, 0.2) is 0 Å². The van der Waals surface area contributed by atoms with E-state index in [1.165, 1.54) is 18.4 Å². The fraction of sp³-hybridized carbons (Fsp3) is 0.438. The van der Waals surface area contributed by atoms with Crippen LogP contribution in [0.4, 0.5) is 0 Å². The predicted octanol–water partition coefficient (Wildman–Crippen LogP) is 5.38. The number of rotatable bonds is 4. The predicted molar refractivity (Wildman–Crippen MR) is 87.0 cm³/mol. The van der Waals surface area contributed by atoms with Gasteiger partial charge < -0.3 is 4.74 Å². The number of halogens is 1. The molecule has 0 N–H and O–H groups in total. The molecule has 1 aromatic carbocycles. The number of hydrogen-bond acceptors (Lipinski definition) is 3. The summed E-state index contributed by atoms with van der Waals surface area (Å²) in [6.07, 6.45) is 4.70. The maximum Gasteiger partial charge on any atom is 0.125 e. The van der Waals surface area contributed by atoms with Crippen LogP contribution in [0.1, 0.15) is 37.6 Å². The van der Waals surface area contributed by atoms with Crippen LogP contribution in [-0.4, -0.2) is 11.6 Å². The van der Waals surface area contributed by atoms with Gasteiger partial charge in [-0.25, -0.2) is 4.98 Å². The molecule has 0 radical (unpaired) electrons. The summed E-state index contributed by atoms with van der Waals surface area (Å²) in [6.45, 7) is 2.83. The normalized spacial score (nSPS) is 17.5. The summed E-state index contributed by atoms with van der Waals surface area (Å²) in [5, 5.41) is 3.30. The minimum atomic E-state index is -0.118. The number of ether oxygens (including phenoxy) is 1. The number of benzene rings is 1. The first-order valence-electron chi connectivity index (χ1n) is 7.09. The Kier molecular flexibility index (Phi) is 4.24. The van der Waals surface area contributed by atoms with Crippen LogP contribution >= 0.6 is 27.3 Å². The largest absolute Gasteiger partial charge is 0.368 e. The Hall–Kier alpha value is -0.710. The summed E-state index contributed by atoms with van der Waals surface area (Å²) >= 11 is 5.21. The van der Waals surface area contributed by atoms with Crippen molar-refractivity contribution in [3.8, 4) is 11.3 Å². The molecule has 0 atom stereocenters. The third-order valence-corrected chi connectivity index (χ3v) is 5.42. The molecule has 20 heavy (non-hydrogen) atoms. The Balaban J connectivity index is 1.91. The van der Waals surface area contributed by atoms with Gasteiger partial charge in [0.1, 0.15) is 10.6 Å². The highest BCUT2D eigenvalue weighted by Crippen LogP contribution is 2.44. The summed E-state index contributed by atoms with van der Waals surface area (Å²) in [7, 11) is 0. The number of thiazole rings is 1. The molecule has 4 heteroatoms. The van der Waals surface area contributed by atoms with Crippen molar-refractivity contribution in [2.24, 2.45) is 0 Å². The molecule has 2 nitrogen and oxygen atoms in total. The van der Waals surface area contributed by atoms with E-state index < -0.39 is 0 Å². The van der Waals surface area contributed by atoms with Gasteiger partial charge in [0.2, 0.25) is 0 Å². The van der Waals surface area contributed by atoms with Crippen molar-refractivity contribution in [3.63, 3.8) is 0 Å². The Morgan fingerprint density at radius 1 is 1.25 bits per heavy atom. The third kappa shape index (κ3) is 2.69. The molecule has 1 aromatic heterocycles. The fourth-order valence-corrected chi connectivity index (χ4v) is 4.18. The highest BCUT2D eigenvalue weighted by atomic mass is 79.9. The van der Waals surface area contributed by atoms with E-state index in [1.807, 2.05) is 0 Å². The van der Waals surface area contributed by atoms with E-state index >= 15 is 0 Å². The molecule has 3 rings (SSSR count). The second kappa shape index (κ2) is 5.96. The van der Waals surface area contributed by atoms with Crippen LogP contribution in [0.25, 0.3) is 11.3 Å². The zero-order valence-electron chi connectivity index (χ0n) is 11.6. The maximum atomic E-state index is 6.09. The summed E-state index contributed by atoms with van der Waals surface area (Å²) in [5.41, 5.74) is 2.11. The van der Waals surface area contributed by atoms with Gasteiger partial charge in [0.05, 0.1) is 5.69 Å². The molecule has 1 heterocycles. The standard InChI is InChI=1S/C16H18BrNOS/c1-2-19-16(9-3-4-10-16)15-18-14(11-20-15)12-5-7-13(17)8-6-12/h5-8,11H,2-4,9-10H2,1H3. The van der Waals surface area contributed by atoms with E-state index in [0.29, 0.717) is 0 Å². The smallest absolute Gasteiger partial charge is 0.125 e. The van der Waals surface area contributed by atoms with Gasteiger partial charge >= 0.3 is 0 Å². The lowest BCUT2D eigenvalue weighted by molar-refractivity contribution is -0.0390. The average molecular weight is 352 g/mol. The van der Waals surface area contributed by atoms with E-state index in [2.05, 4.69) is 52.5 Å². The van der Waals surface area contributed by atoms with Gasteiger partial charge in [-0.05, 0) is 31.9 Å². The minimum Gasteiger partial charge on any atom is -0.368 e. The number of nitrogens with zero attached hydrogens (tertiary/aromatic N) is 1. The monoisotopic (exact) mass is 351 g/mol. The quantitative estimate of drug-likeness (QED) is 0.737. The van der Waals surface area contributed by atoms with Crippen molar-refractivity contribution in [1.82, 2.24) is 4.98 Å². The van der Waals surface area contributed by atoms with Crippen molar-refractivity contribution in [1.29, 1.82) is 0 Å². The molecular formula is C16H18BrNOS. The van der Waals surface area contributed by atoms with Crippen molar-refractivity contribution >= 4 is 27.3 Å². The first-order valence-corrected chi connectivity index (χ1v) is 8.77. The SMILES string of the molecule is CCOC1(c2nc(-c3ccc(Br)cc3)cs2)CCCC1. The lowest BCUT2D eigenvalue weighted by Gasteiger charge is -2.26. The summed E-state index contributed by atoms with van der Waals surface area (Å²) in [6, 6.07) is 8.32. The topological polar surface area (TPSA) is 22.1 Å². The van der Waals surface area contributed by atoms with Gasteiger partial charge in [0.25, 0.3) is 0 Å². The lowest BCUT2D eigenvalue weighted by atomic mass is 10.0. The van der Waals surface area contributed by atoms with E-state index in [4.69, 9.17) is 9.72 Å². The van der Waals surface area contributed by atoms with Crippen LogP contribution < -0.4 is 0 Å². The van der Waals surface area contributed by atoms with E-state index in [-0.39, 0.29) is 5.60 Å². The van der Waals surface area contributed by atoms with E-state index in [1.54, 1.807) is 11.3 Å². The Bertz CT molecular complexity index is 572. The Morgan fingerprint density at radius 3 is 2.60 bits per heavy atom. The molecule has 0 amide bonds. The number of aromatic nitrogens is 1. The molecule has 1 aliphatic carbocycles. The van der Waals surface area contributed by atoms with E-state index in [9.17, 15) is 0 Å². The van der Waals surface area contributed by atoms with Gasteiger partial charge in [-0.15, -0.1) is 11.3 Å². The minimum absolute atomic E-state index is 0.118. The van der Waals surface area contributed by atoms with Gasteiger partial charge in [-0.2, -0.15) is 0 Å². The summed E-state index contributed by atoms with van der Waals surface area (Å²) < 4.78 is 7.18. The van der Waals surface area contributed by atoms with E-state index in [0.717, 1.165) is 34.6 Å². The molecule has 1 fully saturated rings. The molecule has 1 aliphatic rings. The van der Waals surface area contributed by atoms with Crippen molar-refractivity contribution in [2.75, 3.05) is 6.61 Å². The van der Waals surface area contributed by atoms with Crippen molar-refractivity contribution in [2.45, 2.75) is 38.2 Å². The van der Waals surface area contributed by atoms with Crippen molar-refractivity contribution < 1.29 is 4.74 Å². The van der Waals surface area contributed by atoms with Crippen LogP contribution in [0.3, 0.4) is 0 Å². The molecule has 0 unspecified atom stereocenters. The molecule has 0 spiro atoms. The average Bonchev–Trinajstić information content (AvgIpc) is 3.09. The second-order valence-electron chi connectivity index (χ2n) is 5.18. The molecule has 2 aromatic rings. The summed E-state index contributed by atoms with van der Waals surface area (Å²) in [4.78, 5) is 4.86. The van der Waals surface area contributed by atoms with Crippen LogP contribution in [-0.2, 0) is 10.3 Å². The number of hydrogen-bond donors (Lipinski definition) is 0. The Morgan fingerprint density at radius 2 is 1.95 bits per heavy atom. The van der Waals surface area contributed by atoms with Gasteiger partial charge in [0, 0.05) is 22.0 Å². The van der Waals surface area contributed by atoms with Crippen LogP contribution in [0.2, 0.25) is 0 Å². The molecule has 106 valence electrons. The van der Waals surface area contributed by atoms with Gasteiger partial charge in [-0.1, -0.05) is 40.9 Å². The second-order valence-corrected chi connectivity index (χ2v) is 6.95. The first-order chi connectivity index (χ1) is 9.73. The van der Waals surface area contributed by atoms with Crippen LogP contribution in [0.15, 0.2) is 34.1 Å². The van der Waals surface area contributed by atoms with Gasteiger partial charge in [-0.3, -0.25) is 0 Å². The molecule has 0 bridgehead atoms. The summed E-state index contributed by atoms with van der Waals surface area (Å²) in [5.74, 6) is 0.